The minimum absolute atomic E-state index is 0.940. The van der Waals surface area contributed by atoms with E-state index in [1.165, 1.54) is 22.2 Å². The second kappa shape index (κ2) is 3.52. The molecule has 0 amide bonds. The number of hydrogen-bond acceptors (Lipinski definition) is 2. The summed E-state index contributed by atoms with van der Waals surface area (Å²) >= 11 is 0. The molecule has 1 aromatic heterocycles. The van der Waals surface area contributed by atoms with Crippen LogP contribution in [0.5, 0.6) is 5.75 Å². The number of nitrogens with one attached hydrogen (secondary N) is 2. The molecule has 0 atom stereocenters. The van der Waals surface area contributed by atoms with Crippen LogP contribution in [0.4, 0.5) is 0 Å². The molecular weight excluding hydrogens is 200 g/mol. The SMILES string of the molecule is COc1ccc(C)c2c3c([nH]c12)CCNC3. The third-order valence-electron chi connectivity index (χ3n) is 3.39. The lowest BCUT2D eigenvalue weighted by atomic mass is 10.0. The number of aromatic amines is 1. The van der Waals surface area contributed by atoms with Gasteiger partial charge in [-0.15, -0.1) is 0 Å². The highest BCUT2D eigenvalue weighted by Crippen LogP contribution is 2.33. The smallest absolute Gasteiger partial charge is 0.142 e. The van der Waals surface area contributed by atoms with Gasteiger partial charge in [0.15, 0.2) is 0 Å². The fourth-order valence-electron chi connectivity index (χ4n) is 2.58. The van der Waals surface area contributed by atoms with E-state index in [0.29, 0.717) is 0 Å². The van der Waals surface area contributed by atoms with Gasteiger partial charge in [0, 0.05) is 30.6 Å². The van der Waals surface area contributed by atoms with Crippen LogP contribution in [0, 0.1) is 6.92 Å². The molecule has 3 heteroatoms. The molecule has 0 unspecified atom stereocenters. The van der Waals surface area contributed by atoms with E-state index < -0.39 is 0 Å². The van der Waals surface area contributed by atoms with Crippen LogP contribution in [0.3, 0.4) is 0 Å². The Balaban J connectivity index is 2.36. The van der Waals surface area contributed by atoms with Crippen molar-refractivity contribution in [2.45, 2.75) is 19.9 Å². The summed E-state index contributed by atoms with van der Waals surface area (Å²) in [5.74, 6) is 0.940. The van der Waals surface area contributed by atoms with E-state index in [1.807, 2.05) is 6.07 Å². The number of rotatable bonds is 1. The maximum Gasteiger partial charge on any atom is 0.142 e. The topological polar surface area (TPSA) is 37.0 Å². The standard InChI is InChI=1S/C13H16N2O/c1-8-3-4-11(16-2)13-12(8)9-7-14-6-5-10(9)15-13/h3-4,14-15H,5-7H2,1-2H3. The van der Waals surface area contributed by atoms with Crippen molar-refractivity contribution in [3.8, 4) is 5.75 Å². The molecule has 0 spiro atoms. The molecule has 0 saturated heterocycles. The lowest BCUT2D eigenvalue weighted by Crippen LogP contribution is -2.22. The minimum atomic E-state index is 0.940. The largest absolute Gasteiger partial charge is 0.495 e. The number of fused-ring (bicyclic) bond motifs is 3. The fourth-order valence-corrected chi connectivity index (χ4v) is 2.58. The summed E-state index contributed by atoms with van der Waals surface area (Å²) in [6.07, 6.45) is 1.08. The van der Waals surface area contributed by atoms with Gasteiger partial charge in [0.25, 0.3) is 0 Å². The molecule has 2 N–H and O–H groups in total. The molecule has 3 nitrogen and oxygen atoms in total. The summed E-state index contributed by atoms with van der Waals surface area (Å²) < 4.78 is 5.41. The Morgan fingerprint density at radius 3 is 3.00 bits per heavy atom. The third-order valence-corrected chi connectivity index (χ3v) is 3.39. The van der Waals surface area contributed by atoms with Crippen molar-refractivity contribution in [1.82, 2.24) is 10.3 Å². The van der Waals surface area contributed by atoms with Crippen molar-refractivity contribution in [2.24, 2.45) is 0 Å². The van der Waals surface area contributed by atoms with Crippen LogP contribution in [-0.2, 0) is 13.0 Å². The highest BCUT2D eigenvalue weighted by molar-refractivity contribution is 5.92. The molecule has 1 aromatic carbocycles. The summed E-state index contributed by atoms with van der Waals surface area (Å²) in [5.41, 5.74) is 5.24. The van der Waals surface area contributed by atoms with Crippen LogP contribution in [-0.4, -0.2) is 18.6 Å². The van der Waals surface area contributed by atoms with Gasteiger partial charge in [0.05, 0.1) is 12.6 Å². The predicted molar refractivity (Wildman–Crippen MR) is 65.0 cm³/mol. The van der Waals surface area contributed by atoms with Gasteiger partial charge in [0.2, 0.25) is 0 Å². The summed E-state index contributed by atoms with van der Waals surface area (Å²) in [7, 11) is 1.72. The number of benzene rings is 1. The number of aromatic nitrogens is 1. The number of hydrogen-bond donors (Lipinski definition) is 2. The summed E-state index contributed by atoms with van der Waals surface area (Å²) in [6, 6.07) is 4.16. The molecule has 84 valence electrons. The van der Waals surface area contributed by atoms with Crippen molar-refractivity contribution in [2.75, 3.05) is 13.7 Å². The Labute approximate surface area is 94.8 Å². The molecule has 0 radical (unpaired) electrons. The number of H-pyrrole nitrogens is 1. The van der Waals surface area contributed by atoms with Gasteiger partial charge in [-0.2, -0.15) is 0 Å². The Bertz CT molecular complexity index is 542. The Morgan fingerprint density at radius 2 is 2.19 bits per heavy atom. The molecule has 16 heavy (non-hydrogen) atoms. The molecule has 1 aliphatic rings. The number of ether oxygens (including phenoxy) is 1. The Morgan fingerprint density at radius 1 is 1.31 bits per heavy atom. The van der Waals surface area contributed by atoms with Crippen LogP contribution in [0.25, 0.3) is 10.9 Å². The average molecular weight is 216 g/mol. The third kappa shape index (κ3) is 1.25. The van der Waals surface area contributed by atoms with Crippen LogP contribution in [0.1, 0.15) is 16.8 Å². The first kappa shape index (κ1) is 9.73. The highest BCUT2D eigenvalue weighted by atomic mass is 16.5. The normalized spacial score (nSPS) is 15.1. The van der Waals surface area contributed by atoms with Gasteiger partial charge in [-0.1, -0.05) is 6.07 Å². The van der Waals surface area contributed by atoms with E-state index in [9.17, 15) is 0 Å². The lowest BCUT2D eigenvalue weighted by Gasteiger charge is -2.13. The van der Waals surface area contributed by atoms with E-state index in [-0.39, 0.29) is 0 Å². The first-order chi connectivity index (χ1) is 7.81. The number of aryl methyl sites for hydroxylation is 1. The van der Waals surface area contributed by atoms with Crippen LogP contribution in [0.15, 0.2) is 12.1 Å². The van der Waals surface area contributed by atoms with Crippen LogP contribution < -0.4 is 10.1 Å². The zero-order valence-electron chi connectivity index (χ0n) is 9.68. The summed E-state index contributed by atoms with van der Waals surface area (Å²) in [6.45, 7) is 4.18. The molecule has 3 rings (SSSR count). The van der Waals surface area contributed by atoms with E-state index in [1.54, 1.807) is 7.11 Å². The van der Waals surface area contributed by atoms with Crippen molar-refractivity contribution in [3.63, 3.8) is 0 Å². The van der Waals surface area contributed by atoms with Gasteiger partial charge in [-0.3, -0.25) is 0 Å². The van der Waals surface area contributed by atoms with Crippen molar-refractivity contribution in [3.05, 3.63) is 29.0 Å². The molecule has 1 aliphatic heterocycles. The minimum Gasteiger partial charge on any atom is -0.495 e. The molecule has 0 fully saturated rings. The molecule has 2 heterocycles. The van der Waals surface area contributed by atoms with E-state index in [4.69, 9.17) is 4.74 Å². The molecule has 0 saturated carbocycles. The van der Waals surface area contributed by atoms with E-state index in [2.05, 4.69) is 23.3 Å². The second-order valence-corrected chi connectivity index (χ2v) is 4.34. The zero-order chi connectivity index (χ0) is 11.1. The maximum absolute atomic E-state index is 5.41. The second-order valence-electron chi connectivity index (χ2n) is 4.34. The first-order valence-corrected chi connectivity index (χ1v) is 5.69. The monoisotopic (exact) mass is 216 g/mol. The van der Waals surface area contributed by atoms with Crippen molar-refractivity contribution < 1.29 is 4.74 Å². The van der Waals surface area contributed by atoms with Crippen LogP contribution >= 0.6 is 0 Å². The summed E-state index contributed by atoms with van der Waals surface area (Å²) in [5, 5.41) is 4.76. The van der Waals surface area contributed by atoms with E-state index >= 15 is 0 Å². The van der Waals surface area contributed by atoms with Crippen LogP contribution in [0.2, 0.25) is 0 Å². The maximum atomic E-state index is 5.41. The van der Waals surface area contributed by atoms with Gasteiger partial charge < -0.3 is 15.0 Å². The molecule has 0 aliphatic carbocycles. The van der Waals surface area contributed by atoms with Gasteiger partial charge in [-0.05, 0) is 24.1 Å². The van der Waals surface area contributed by atoms with Gasteiger partial charge >= 0.3 is 0 Å². The van der Waals surface area contributed by atoms with Crippen molar-refractivity contribution >= 4 is 10.9 Å². The zero-order valence-corrected chi connectivity index (χ0v) is 9.68. The van der Waals surface area contributed by atoms with Crippen molar-refractivity contribution in [1.29, 1.82) is 0 Å². The first-order valence-electron chi connectivity index (χ1n) is 5.69. The lowest BCUT2D eigenvalue weighted by molar-refractivity contribution is 0.419. The molecule has 2 aromatic rings. The number of methoxy groups -OCH3 is 1. The molecular formula is C13H16N2O. The van der Waals surface area contributed by atoms with Gasteiger partial charge in [0.1, 0.15) is 5.75 Å². The highest BCUT2D eigenvalue weighted by Gasteiger charge is 2.18. The van der Waals surface area contributed by atoms with Gasteiger partial charge in [-0.25, -0.2) is 0 Å². The summed E-state index contributed by atoms with van der Waals surface area (Å²) in [4.78, 5) is 3.51. The Kier molecular flexibility index (Phi) is 2.14. The predicted octanol–water partition coefficient (Wildman–Crippen LogP) is 2.13. The Hall–Kier alpha value is -1.48. The fraction of sp³-hybridized carbons (Fsp3) is 0.385. The molecule has 0 bridgehead atoms. The average Bonchev–Trinajstić information content (AvgIpc) is 2.69. The quantitative estimate of drug-likeness (QED) is 0.766. The van der Waals surface area contributed by atoms with E-state index in [0.717, 1.165) is 30.8 Å².